The Bertz CT molecular complexity index is 555. The number of carbonyl (C=O) groups is 1. The van der Waals surface area contributed by atoms with Crippen LogP contribution in [0.5, 0.6) is 0 Å². The van der Waals surface area contributed by atoms with Gasteiger partial charge in [0.15, 0.2) is 0 Å². The average Bonchev–Trinajstić information content (AvgIpc) is 2.37. The third kappa shape index (κ3) is 3.31. The molecule has 1 aromatic carbocycles. The number of carboxylic acid groups (broad SMARTS) is 1. The molecule has 0 aliphatic heterocycles. The summed E-state index contributed by atoms with van der Waals surface area (Å²) in [5, 5.41) is 8.90. The van der Waals surface area contributed by atoms with Crippen LogP contribution in [-0.4, -0.2) is 44.0 Å². The van der Waals surface area contributed by atoms with Gasteiger partial charge in [0.2, 0.25) is 10.0 Å². The molecule has 7 heteroatoms. The van der Waals surface area contributed by atoms with Crippen LogP contribution >= 0.6 is 0 Å². The van der Waals surface area contributed by atoms with Crippen LogP contribution < -0.4 is 0 Å². The highest BCUT2D eigenvalue weighted by molar-refractivity contribution is 7.89. The Morgan fingerprint density at radius 2 is 2.00 bits per heavy atom. The second kappa shape index (κ2) is 6.14. The number of ether oxygens (including phenoxy) is 1. The lowest BCUT2D eigenvalue weighted by atomic mass is 10.2. The highest BCUT2D eigenvalue weighted by atomic mass is 32.2. The van der Waals surface area contributed by atoms with Crippen LogP contribution in [0.4, 0.5) is 0 Å². The molecule has 0 aromatic heterocycles. The van der Waals surface area contributed by atoms with Gasteiger partial charge in [-0.3, -0.25) is 4.79 Å². The first kappa shape index (κ1) is 15.6. The molecule has 19 heavy (non-hydrogen) atoms. The molecule has 1 unspecified atom stereocenters. The topological polar surface area (TPSA) is 83.9 Å². The van der Waals surface area contributed by atoms with E-state index in [4.69, 9.17) is 9.84 Å². The highest BCUT2D eigenvalue weighted by Crippen LogP contribution is 2.21. The molecule has 0 saturated heterocycles. The Morgan fingerprint density at radius 3 is 2.53 bits per heavy atom. The monoisotopic (exact) mass is 287 g/mol. The van der Waals surface area contributed by atoms with Gasteiger partial charge >= 0.3 is 5.97 Å². The van der Waals surface area contributed by atoms with E-state index >= 15 is 0 Å². The van der Waals surface area contributed by atoms with Gasteiger partial charge in [-0.1, -0.05) is 18.2 Å². The average molecular weight is 287 g/mol. The van der Waals surface area contributed by atoms with E-state index in [1.54, 1.807) is 18.2 Å². The minimum atomic E-state index is -3.86. The number of nitrogens with zero attached hydrogens (tertiary/aromatic N) is 1. The lowest BCUT2D eigenvalue weighted by molar-refractivity contribution is -0.140. The summed E-state index contributed by atoms with van der Waals surface area (Å²) in [6.45, 7) is 1.46. The fraction of sp³-hybridized carbons (Fsp3) is 0.417. The molecule has 0 radical (unpaired) electrons. The third-order valence-electron chi connectivity index (χ3n) is 2.83. The van der Waals surface area contributed by atoms with Crippen molar-refractivity contribution in [1.82, 2.24) is 4.31 Å². The summed E-state index contributed by atoms with van der Waals surface area (Å²) in [6.07, 6.45) is 0. The van der Waals surface area contributed by atoms with Crippen LogP contribution in [-0.2, 0) is 26.2 Å². The second-order valence-corrected chi connectivity index (χ2v) is 6.04. The smallest absolute Gasteiger partial charge is 0.321 e. The minimum absolute atomic E-state index is 0.0625. The van der Waals surface area contributed by atoms with Gasteiger partial charge in [-0.15, -0.1) is 0 Å². The Kier molecular flexibility index (Phi) is 5.04. The first-order chi connectivity index (χ1) is 8.82. The summed E-state index contributed by atoms with van der Waals surface area (Å²) < 4.78 is 30.6. The van der Waals surface area contributed by atoms with Gasteiger partial charge in [0.1, 0.15) is 6.04 Å². The molecule has 0 amide bonds. The summed E-state index contributed by atoms with van der Waals surface area (Å²) in [7, 11) is -1.15. The van der Waals surface area contributed by atoms with Crippen LogP contribution in [0.1, 0.15) is 12.5 Å². The molecular weight excluding hydrogens is 270 g/mol. The second-order valence-electron chi connectivity index (χ2n) is 4.08. The number of hydrogen-bond donors (Lipinski definition) is 1. The lowest BCUT2D eigenvalue weighted by Crippen LogP contribution is -2.40. The summed E-state index contributed by atoms with van der Waals surface area (Å²) in [4.78, 5) is 11.0. The molecule has 0 spiro atoms. The maximum atomic E-state index is 12.4. The Morgan fingerprint density at radius 1 is 1.42 bits per heavy atom. The number of aliphatic carboxylic acids is 1. The zero-order valence-corrected chi connectivity index (χ0v) is 11.8. The highest BCUT2D eigenvalue weighted by Gasteiger charge is 2.30. The summed E-state index contributed by atoms with van der Waals surface area (Å²) in [5.41, 5.74) is 0.495. The van der Waals surface area contributed by atoms with Gasteiger partial charge in [-0.2, -0.15) is 4.31 Å². The number of benzene rings is 1. The summed E-state index contributed by atoms with van der Waals surface area (Å²) in [6, 6.07) is 5.23. The van der Waals surface area contributed by atoms with Gasteiger partial charge in [0.25, 0.3) is 0 Å². The zero-order valence-electron chi connectivity index (χ0n) is 11.0. The molecule has 0 saturated carbocycles. The van der Waals surface area contributed by atoms with E-state index in [1.165, 1.54) is 27.1 Å². The summed E-state index contributed by atoms with van der Waals surface area (Å²) >= 11 is 0. The van der Waals surface area contributed by atoms with E-state index in [1.807, 2.05) is 0 Å². The fourth-order valence-electron chi connectivity index (χ4n) is 1.55. The molecule has 6 nitrogen and oxygen atoms in total. The van der Waals surface area contributed by atoms with Crippen LogP contribution in [0.2, 0.25) is 0 Å². The number of sulfonamides is 1. The maximum Gasteiger partial charge on any atom is 0.321 e. The van der Waals surface area contributed by atoms with Gasteiger partial charge in [0.05, 0.1) is 11.5 Å². The van der Waals surface area contributed by atoms with Gasteiger partial charge < -0.3 is 9.84 Å². The zero-order chi connectivity index (χ0) is 14.6. The van der Waals surface area contributed by atoms with Crippen LogP contribution in [0.15, 0.2) is 29.2 Å². The van der Waals surface area contributed by atoms with Crippen LogP contribution in [0, 0.1) is 0 Å². The molecule has 0 heterocycles. The molecule has 1 rings (SSSR count). The molecule has 1 atom stereocenters. The van der Waals surface area contributed by atoms with Crippen molar-refractivity contribution in [3.8, 4) is 0 Å². The maximum absolute atomic E-state index is 12.4. The standard InChI is InChI=1S/C12H17NO5S/c1-9(12(14)15)13(2)19(16,17)11-7-5-4-6-10(11)8-18-3/h4-7,9H,8H2,1-3H3,(H,14,15). The third-order valence-corrected chi connectivity index (χ3v) is 4.86. The molecule has 1 aromatic rings. The first-order valence-electron chi connectivity index (χ1n) is 5.60. The van der Waals surface area contributed by atoms with Crippen molar-refractivity contribution < 1.29 is 23.1 Å². The number of hydrogen-bond acceptors (Lipinski definition) is 4. The van der Waals surface area contributed by atoms with Crippen molar-refractivity contribution >= 4 is 16.0 Å². The SMILES string of the molecule is COCc1ccccc1S(=O)(=O)N(C)C(C)C(=O)O. The first-order valence-corrected chi connectivity index (χ1v) is 7.04. The van der Waals surface area contributed by atoms with Gasteiger partial charge in [0, 0.05) is 14.2 Å². The van der Waals surface area contributed by atoms with Crippen molar-refractivity contribution in [2.75, 3.05) is 14.2 Å². The van der Waals surface area contributed by atoms with Crippen molar-refractivity contribution in [2.24, 2.45) is 0 Å². The van der Waals surface area contributed by atoms with Crippen molar-refractivity contribution in [3.63, 3.8) is 0 Å². The molecular formula is C12H17NO5S. The number of methoxy groups -OCH3 is 1. The fourth-order valence-corrected chi connectivity index (χ4v) is 3.07. The van der Waals surface area contributed by atoms with Crippen molar-refractivity contribution in [1.29, 1.82) is 0 Å². The van der Waals surface area contributed by atoms with Crippen LogP contribution in [0.25, 0.3) is 0 Å². The molecule has 0 fully saturated rings. The largest absolute Gasteiger partial charge is 0.480 e. The van der Waals surface area contributed by atoms with Crippen molar-refractivity contribution in [2.45, 2.75) is 24.5 Å². The predicted octanol–water partition coefficient (Wildman–Crippen LogP) is 0.927. The van der Waals surface area contributed by atoms with E-state index in [9.17, 15) is 13.2 Å². The molecule has 0 aliphatic carbocycles. The molecule has 1 N–H and O–H groups in total. The number of rotatable bonds is 6. The number of likely N-dealkylation sites (N-methyl/N-ethyl adjacent to an activating group) is 1. The minimum Gasteiger partial charge on any atom is -0.480 e. The van der Waals surface area contributed by atoms with E-state index < -0.39 is 22.0 Å². The van der Waals surface area contributed by atoms with Crippen molar-refractivity contribution in [3.05, 3.63) is 29.8 Å². The molecule has 106 valence electrons. The predicted molar refractivity (Wildman–Crippen MR) is 69.2 cm³/mol. The van der Waals surface area contributed by atoms with E-state index in [0.29, 0.717) is 5.56 Å². The number of carboxylic acids is 1. The van der Waals surface area contributed by atoms with E-state index in [-0.39, 0.29) is 11.5 Å². The summed E-state index contributed by atoms with van der Waals surface area (Å²) in [5.74, 6) is -1.20. The Balaban J connectivity index is 3.24. The molecule has 0 bridgehead atoms. The quantitative estimate of drug-likeness (QED) is 0.841. The van der Waals surface area contributed by atoms with E-state index in [2.05, 4.69) is 0 Å². The van der Waals surface area contributed by atoms with Crippen LogP contribution in [0.3, 0.4) is 0 Å². The Labute approximate surface area is 112 Å². The van der Waals surface area contributed by atoms with Gasteiger partial charge in [-0.25, -0.2) is 8.42 Å². The lowest BCUT2D eigenvalue weighted by Gasteiger charge is -2.22. The Hall–Kier alpha value is -1.44. The molecule has 0 aliphatic rings. The van der Waals surface area contributed by atoms with Gasteiger partial charge in [-0.05, 0) is 18.6 Å². The normalized spacial score (nSPS) is 13.5. The van der Waals surface area contributed by atoms with E-state index in [0.717, 1.165) is 4.31 Å².